The Bertz CT molecular complexity index is 762. The number of carbonyl (C=O) groups is 1. The first kappa shape index (κ1) is 20.9. The Hall–Kier alpha value is -2.42. The Kier molecular flexibility index (Phi) is 6.59. The molecule has 6 nitrogen and oxygen atoms in total. The largest absolute Gasteiger partial charge is 0.418 e. The van der Waals surface area contributed by atoms with Gasteiger partial charge in [-0.15, -0.1) is 5.10 Å². The molecule has 1 amide bonds. The molecule has 27 heavy (non-hydrogen) atoms. The van der Waals surface area contributed by atoms with Crippen LogP contribution in [0.4, 0.5) is 13.2 Å². The van der Waals surface area contributed by atoms with Gasteiger partial charge < -0.3 is 5.32 Å². The fraction of sp³-hybridized carbons (Fsp3) is 0.500. The van der Waals surface area contributed by atoms with Crippen LogP contribution < -0.4 is 5.32 Å². The lowest BCUT2D eigenvalue weighted by Gasteiger charge is -2.30. The topological polar surface area (TPSA) is 63.1 Å². The molecule has 0 aliphatic rings. The third-order valence-corrected chi connectivity index (χ3v) is 4.16. The zero-order valence-electron chi connectivity index (χ0n) is 15.8. The Morgan fingerprint density at radius 2 is 1.81 bits per heavy atom. The summed E-state index contributed by atoms with van der Waals surface area (Å²) < 4.78 is 40.3. The minimum atomic E-state index is -4.53. The summed E-state index contributed by atoms with van der Waals surface area (Å²) in [6.07, 6.45) is -3.33. The van der Waals surface area contributed by atoms with Crippen molar-refractivity contribution in [2.45, 2.75) is 46.0 Å². The van der Waals surface area contributed by atoms with Crippen molar-refractivity contribution in [3.8, 4) is 5.69 Å². The first-order chi connectivity index (χ1) is 12.6. The van der Waals surface area contributed by atoms with Gasteiger partial charge in [-0.25, -0.2) is 4.68 Å². The molecule has 0 spiro atoms. The molecule has 0 bridgehead atoms. The monoisotopic (exact) mass is 383 g/mol. The molecule has 2 rings (SSSR count). The highest BCUT2D eigenvalue weighted by molar-refractivity contribution is 5.91. The Labute approximate surface area is 156 Å². The van der Waals surface area contributed by atoms with E-state index in [9.17, 15) is 18.0 Å². The molecular formula is C18H24F3N5O. The summed E-state index contributed by atoms with van der Waals surface area (Å²) in [5.74, 6) is -0.474. The van der Waals surface area contributed by atoms with Crippen LogP contribution >= 0.6 is 0 Å². The smallest absolute Gasteiger partial charge is 0.349 e. The van der Waals surface area contributed by atoms with E-state index in [-0.39, 0.29) is 11.4 Å². The molecule has 148 valence electrons. The van der Waals surface area contributed by atoms with Crippen molar-refractivity contribution in [3.63, 3.8) is 0 Å². The maximum absolute atomic E-state index is 13.1. The second-order valence-electron chi connectivity index (χ2n) is 6.74. The van der Waals surface area contributed by atoms with Gasteiger partial charge in [-0.2, -0.15) is 13.2 Å². The van der Waals surface area contributed by atoms with E-state index in [1.165, 1.54) is 24.4 Å². The first-order valence-electron chi connectivity index (χ1n) is 8.74. The van der Waals surface area contributed by atoms with Crippen molar-refractivity contribution < 1.29 is 18.0 Å². The molecular weight excluding hydrogens is 359 g/mol. The van der Waals surface area contributed by atoms with Crippen LogP contribution in [0.5, 0.6) is 0 Å². The molecule has 9 heteroatoms. The number of carbonyl (C=O) groups excluding carboxylic acids is 1. The second-order valence-corrected chi connectivity index (χ2v) is 6.74. The van der Waals surface area contributed by atoms with E-state index in [0.29, 0.717) is 25.2 Å². The summed E-state index contributed by atoms with van der Waals surface area (Å²) in [4.78, 5) is 14.4. The number of aromatic nitrogens is 3. The number of hydrogen-bond acceptors (Lipinski definition) is 4. The maximum atomic E-state index is 13.1. The molecule has 0 saturated heterocycles. The number of rotatable bonds is 7. The van der Waals surface area contributed by atoms with Crippen molar-refractivity contribution in [2.75, 3.05) is 13.1 Å². The fourth-order valence-electron chi connectivity index (χ4n) is 2.90. The van der Waals surface area contributed by atoms with Crippen molar-refractivity contribution in [3.05, 3.63) is 41.7 Å². The van der Waals surface area contributed by atoms with Gasteiger partial charge in [0, 0.05) is 25.2 Å². The summed E-state index contributed by atoms with van der Waals surface area (Å²) in [7, 11) is 0. The number of hydrogen-bond donors (Lipinski definition) is 1. The first-order valence-corrected chi connectivity index (χ1v) is 8.74. The van der Waals surface area contributed by atoms with Crippen molar-refractivity contribution in [2.24, 2.45) is 0 Å². The molecule has 1 aromatic heterocycles. The van der Waals surface area contributed by atoms with Crippen LogP contribution in [0.1, 0.15) is 43.7 Å². The van der Waals surface area contributed by atoms with Gasteiger partial charge in [0.25, 0.3) is 5.91 Å². The van der Waals surface area contributed by atoms with Crippen LogP contribution in [0.25, 0.3) is 5.69 Å². The van der Waals surface area contributed by atoms with E-state index in [1.54, 1.807) is 0 Å². The lowest BCUT2D eigenvalue weighted by molar-refractivity contribution is -0.137. The number of benzene rings is 1. The Balaban J connectivity index is 2.07. The SMILES string of the molecule is CC(C)N(CCNC(=O)c1cn(-c2ccccc2C(F)(F)F)nn1)C(C)C. The molecule has 0 atom stereocenters. The van der Waals surface area contributed by atoms with Crippen molar-refractivity contribution in [1.29, 1.82) is 0 Å². The normalized spacial score (nSPS) is 12.2. The van der Waals surface area contributed by atoms with Gasteiger partial charge in [0.2, 0.25) is 0 Å². The molecule has 1 N–H and O–H groups in total. The minimum Gasteiger partial charge on any atom is -0.349 e. The van der Waals surface area contributed by atoms with E-state index in [2.05, 4.69) is 48.2 Å². The molecule has 0 radical (unpaired) electrons. The quantitative estimate of drug-likeness (QED) is 0.798. The predicted molar refractivity (Wildman–Crippen MR) is 95.7 cm³/mol. The molecule has 0 fully saturated rings. The Morgan fingerprint density at radius 3 is 2.41 bits per heavy atom. The minimum absolute atomic E-state index is 0.0346. The third-order valence-electron chi connectivity index (χ3n) is 4.16. The number of para-hydroxylation sites is 1. The van der Waals surface area contributed by atoms with Crippen LogP contribution in [0.2, 0.25) is 0 Å². The van der Waals surface area contributed by atoms with E-state index < -0.39 is 17.6 Å². The fourth-order valence-corrected chi connectivity index (χ4v) is 2.90. The lowest BCUT2D eigenvalue weighted by Crippen LogP contribution is -2.42. The van der Waals surface area contributed by atoms with E-state index in [4.69, 9.17) is 0 Å². The van der Waals surface area contributed by atoms with Gasteiger partial charge in [-0.3, -0.25) is 9.69 Å². The van der Waals surface area contributed by atoms with Crippen LogP contribution in [0.15, 0.2) is 30.5 Å². The number of amides is 1. The van der Waals surface area contributed by atoms with Crippen LogP contribution in [0.3, 0.4) is 0 Å². The summed E-state index contributed by atoms with van der Waals surface area (Å²) in [5.41, 5.74) is -1.05. The lowest BCUT2D eigenvalue weighted by atomic mass is 10.1. The zero-order chi connectivity index (χ0) is 20.2. The van der Waals surface area contributed by atoms with Gasteiger partial charge in [-0.05, 0) is 39.8 Å². The van der Waals surface area contributed by atoms with Crippen LogP contribution in [-0.4, -0.2) is 51.0 Å². The highest BCUT2D eigenvalue weighted by Gasteiger charge is 2.34. The van der Waals surface area contributed by atoms with Gasteiger partial charge in [0.1, 0.15) is 0 Å². The van der Waals surface area contributed by atoms with Gasteiger partial charge in [0.15, 0.2) is 5.69 Å². The van der Waals surface area contributed by atoms with Crippen LogP contribution in [0, 0.1) is 0 Å². The molecule has 0 saturated carbocycles. The predicted octanol–water partition coefficient (Wildman–Crippen LogP) is 3.13. The van der Waals surface area contributed by atoms with Gasteiger partial charge in [-0.1, -0.05) is 17.3 Å². The zero-order valence-corrected chi connectivity index (χ0v) is 15.8. The molecule has 0 aliphatic carbocycles. The van der Waals surface area contributed by atoms with Gasteiger partial charge in [0.05, 0.1) is 17.4 Å². The second kappa shape index (κ2) is 8.51. The Morgan fingerprint density at radius 1 is 1.19 bits per heavy atom. The summed E-state index contributed by atoms with van der Waals surface area (Å²) >= 11 is 0. The molecule has 1 aromatic carbocycles. The van der Waals surface area contributed by atoms with E-state index in [0.717, 1.165) is 10.7 Å². The molecule has 0 aliphatic heterocycles. The van der Waals surface area contributed by atoms with Crippen molar-refractivity contribution >= 4 is 5.91 Å². The summed E-state index contributed by atoms with van der Waals surface area (Å²) in [6.45, 7) is 9.36. The summed E-state index contributed by atoms with van der Waals surface area (Å²) in [6, 6.07) is 5.68. The maximum Gasteiger partial charge on any atom is 0.418 e. The average molecular weight is 383 g/mol. The number of alkyl halides is 3. The molecule has 1 heterocycles. The van der Waals surface area contributed by atoms with Crippen LogP contribution in [-0.2, 0) is 6.18 Å². The highest BCUT2D eigenvalue weighted by atomic mass is 19.4. The third kappa shape index (κ3) is 5.29. The average Bonchev–Trinajstić information content (AvgIpc) is 3.07. The standard InChI is InChI=1S/C18H24F3N5O/c1-12(2)25(13(3)4)10-9-22-17(27)15-11-26(24-23-15)16-8-6-5-7-14(16)18(19,20)21/h5-8,11-13H,9-10H2,1-4H3,(H,22,27). The molecule has 0 unspecified atom stereocenters. The number of nitrogens with zero attached hydrogens (tertiary/aromatic N) is 4. The summed E-state index contributed by atoms with van der Waals surface area (Å²) in [5, 5.41) is 10.1. The number of nitrogens with one attached hydrogen (secondary N) is 1. The van der Waals surface area contributed by atoms with Gasteiger partial charge >= 0.3 is 6.18 Å². The molecule has 2 aromatic rings. The van der Waals surface area contributed by atoms with E-state index in [1.807, 2.05) is 0 Å². The van der Waals surface area contributed by atoms with Crippen molar-refractivity contribution in [1.82, 2.24) is 25.2 Å². The highest BCUT2D eigenvalue weighted by Crippen LogP contribution is 2.33. The number of halogens is 3. The van der Waals surface area contributed by atoms with E-state index >= 15 is 0 Å².